The van der Waals surface area contributed by atoms with Crippen molar-refractivity contribution in [3.05, 3.63) is 36.0 Å². The van der Waals surface area contributed by atoms with Crippen LogP contribution in [-0.4, -0.2) is 36.1 Å². The minimum atomic E-state index is 0.574. The Labute approximate surface area is 121 Å². The van der Waals surface area contributed by atoms with E-state index in [0.29, 0.717) is 6.04 Å². The van der Waals surface area contributed by atoms with Gasteiger partial charge in [0.05, 0.1) is 0 Å². The minimum Gasteiger partial charge on any atom is -0.361 e. The molecule has 0 spiro atoms. The second kappa shape index (κ2) is 6.42. The van der Waals surface area contributed by atoms with Crippen LogP contribution in [0.2, 0.25) is 0 Å². The van der Waals surface area contributed by atoms with E-state index in [0.717, 1.165) is 26.2 Å². The molecule has 0 aliphatic carbocycles. The van der Waals surface area contributed by atoms with Crippen LogP contribution in [0.25, 0.3) is 10.9 Å². The standard InChI is InChI=1S/C17H25N3/c1-2-3-4-17(20-11-9-18-10-12-20)15-6-5-14-7-8-19-16(14)13-15/h5-8,13,17-19H,2-4,9-12H2,1H3/t17-/m1/s1. The van der Waals surface area contributed by atoms with Crippen molar-refractivity contribution in [2.45, 2.75) is 32.2 Å². The second-order valence-electron chi connectivity index (χ2n) is 5.77. The van der Waals surface area contributed by atoms with Crippen LogP contribution in [0.4, 0.5) is 0 Å². The van der Waals surface area contributed by atoms with Gasteiger partial charge in [0.1, 0.15) is 0 Å². The topological polar surface area (TPSA) is 31.1 Å². The Bertz CT molecular complexity index is 540. The van der Waals surface area contributed by atoms with Gasteiger partial charge in [0, 0.05) is 43.9 Å². The highest BCUT2D eigenvalue weighted by Gasteiger charge is 2.21. The molecule has 1 saturated heterocycles. The number of hydrogen-bond donors (Lipinski definition) is 2. The van der Waals surface area contributed by atoms with E-state index >= 15 is 0 Å². The zero-order chi connectivity index (χ0) is 13.8. The molecule has 1 aliphatic rings. The first-order valence-corrected chi connectivity index (χ1v) is 7.90. The maximum Gasteiger partial charge on any atom is 0.0457 e. The Hall–Kier alpha value is -1.32. The number of piperazine rings is 1. The Balaban J connectivity index is 1.85. The molecule has 0 unspecified atom stereocenters. The van der Waals surface area contributed by atoms with Crippen LogP contribution in [0.5, 0.6) is 0 Å². The largest absolute Gasteiger partial charge is 0.361 e. The molecule has 2 aromatic rings. The Morgan fingerprint density at radius 2 is 2.05 bits per heavy atom. The van der Waals surface area contributed by atoms with E-state index < -0.39 is 0 Å². The van der Waals surface area contributed by atoms with Gasteiger partial charge in [-0.15, -0.1) is 0 Å². The summed E-state index contributed by atoms with van der Waals surface area (Å²) in [6, 6.07) is 9.63. The quantitative estimate of drug-likeness (QED) is 0.874. The van der Waals surface area contributed by atoms with E-state index in [9.17, 15) is 0 Å². The van der Waals surface area contributed by atoms with Gasteiger partial charge in [-0.05, 0) is 29.5 Å². The summed E-state index contributed by atoms with van der Waals surface area (Å²) in [4.78, 5) is 5.99. The van der Waals surface area contributed by atoms with Crippen molar-refractivity contribution >= 4 is 10.9 Å². The third kappa shape index (κ3) is 2.89. The van der Waals surface area contributed by atoms with Gasteiger partial charge in [0.2, 0.25) is 0 Å². The molecule has 0 amide bonds. The lowest BCUT2D eigenvalue weighted by atomic mass is 9.98. The number of fused-ring (bicyclic) bond motifs is 1. The molecule has 0 bridgehead atoms. The second-order valence-corrected chi connectivity index (χ2v) is 5.77. The maximum absolute atomic E-state index is 3.45. The first-order chi connectivity index (χ1) is 9.88. The van der Waals surface area contributed by atoms with Crippen molar-refractivity contribution in [3.8, 4) is 0 Å². The molecular formula is C17H25N3. The van der Waals surface area contributed by atoms with Crippen molar-refractivity contribution in [1.82, 2.24) is 15.2 Å². The number of H-pyrrole nitrogens is 1. The van der Waals surface area contributed by atoms with Crippen LogP contribution in [0.3, 0.4) is 0 Å². The smallest absolute Gasteiger partial charge is 0.0457 e. The number of aromatic nitrogens is 1. The molecule has 108 valence electrons. The molecule has 3 nitrogen and oxygen atoms in total. The first-order valence-electron chi connectivity index (χ1n) is 7.90. The summed E-state index contributed by atoms with van der Waals surface area (Å²) in [7, 11) is 0. The molecule has 1 aliphatic heterocycles. The van der Waals surface area contributed by atoms with Crippen molar-refractivity contribution in [2.75, 3.05) is 26.2 Å². The number of benzene rings is 1. The average molecular weight is 271 g/mol. The van der Waals surface area contributed by atoms with Crippen molar-refractivity contribution in [3.63, 3.8) is 0 Å². The van der Waals surface area contributed by atoms with Crippen LogP contribution >= 0.6 is 0 Å². The molecule has 3 heteroatoms. The average Bonchev–Trinajstić information content (AvgIpc) is 2.96. The Morgan fingerprint density at radius 1 is 1.20 bits per heavy atom. The highest BCUT2D eigenvalue weighted by Crippen LogP contribution is 2.28. The van der Waals surface area contributed by atoms with Crippen LogP contribution in [0.1, 0.15) is 37.8 Å². The third-order valence-electron chi connectivity index (χ3n) is 4.39. The van der Waals surface area contributed by atoms with Gasteiger partial charge in [0.15, 0.2) is 0 Å². The van der Waals surface area contributed by atoms with Gasteiger partial charge >= 0.3 is 0 Å². The lowest BCUT2D eigenvalue weighted by Crippen LogP contribution is -2.45. The first kappa shape index (κ1) is 13.7. The van der Waals surface area contributed by atoms with Gasteiger partial charge in [-0.3, -0.25) is 4.90 Å². The van der Waals surface area contributed by atoms with E-state index in [1.807, 2.05) is 6.20 Å². The fourth-order valence-electron chi connectivity index (χ4n) is 3.22. The molecule has 1 atom stereocenters. The molecule has 0 saturated carbocycles. The van der Waals surface area contributed by atoms with Crippen LogP contribution < -0.4 is 5.32 Å². The van der Waals surface area contributed by atoms with Gasteiger partial charge in [-0.25, -0.2) is 0 Å². The summed E-state index contributed by atoms with van der Waals surface area (Å²) in [6.07, 6.45) is 5.87. The summed E-state index contributed by atoms with van der Waals surface area (Å²) in [5, 5.41) is 4.76. The van der Waals surface area contributed by atoms with E-state index in [1.54, 1.807) is 0 Å². The van der Waals surface area contributed by atoms with Crippen molar-refractivity contribution in [2.24, 2.45) is 0 Å². The monoisotopic (exact) mass is 271 g/mol. The van der Waals surface area contributed by atoms with Crippen LogP contribution in [0.15, 0.2) is 30.5 Å². The molecular weight excluding hydrogens is 246 g/mol. The van der Waals surface area contributed by atoms with E-state index in [1.165, 1.54) is 35.7 Å². The number of nitrogens with one attached hydrogen (secondary N) is 2. The number of nitrogens with zero attached hydrogens (tertiary/aromatic N) is 1. The molecule has 2 N–H and O–H groups in total. The number of aromatic amines is 1. The summed E-state index contributed by atoms with van der Waals surface area (Å²) in [5.41, 5.74) is 2.73. The number of hydrogen-bond acceptors (Lipinski definition) is 2. The molecule has 2 heterocycles. The van der Waals surface area contributed by atoms with Gasteiger partial charge < -0.3 is 10.3 Å². The lowest BCUT2D eigenvalue weighted by molar-refractivity contribution is 0.163. The van der Waals surface area contributed by atoms with Crippen molar-refractivity contribution in [1.29, 1.82) is 0 Å². The molecule has 1 aromatic heterocycles. The lowest BCUT2D eigenvalue weighted by Gasteiger charge is -2.35. The van der Waals surface area contributed by atoms with E-state index in [2.05, 4.69) is 46.4 Å². The van der Waals surface area contributed by atoms with Crippen LogP contribution in [-0.2, 0) is 0 Å². The highest BCUT2D eigenvalue weighted by atomic mass is 15.2. The molecule has 0 radical (unpaired) electrons. The minimum absolute atomic E-state index is 0.574. The normalized spacial score (nSPS) is 18.4. The molecule has 3 rings (SSSR count). The summed E-state index contributed by atoms with van der Waals surface area (Å²) in [5.74, 6) is 0. The fraction of sp³-hybridized carbons (Fsp3) is 0.529. The van der Waals surface area contributed by atoms with E-state index in [4.69, 9.17) is 0 Å². The Morgan fingerprint density at radius 3 is 2.85 bits per heavy atom. The predicted octanol–water partition coefficient (Wildman–Crippen LogP) is 3.30. The fourth-order valence-corrected chi connectivity index (χ4v) is 3.22. The van der Waals surface area contributed by atoms with Gasteiger partial charge in [-0.1, -0.05) is 31.9 Å². The molecule has 1 fully saturated rings. The maximum atomic E-state index is 3.45. The zero-order valence-electron chi connectivity index (χ0n) is 12.4. The van der Waals surface area contributed by atoms with Crippen molar-refractivity contribution < 1.29 is 0 Å². The van der Waals surface area contributed by atoms with Gasteiger partial charge in [0.25, 0.3) is 0 Å². The molecule has 20 heavy (non-hydrogen) atoms. The highest BCUT2D eigenvalue weighted by molar-refractivity contribution is 5.79. The summed E-state index contributed by atoms with van der Waals surface area (Å²) >= 11 is 0. The van der Waals surface area contributed by atoms with Crippen LogP contribution in [0, 0.1) is 0 Å². The zero-order valence-corrected chi connectivity index (χ0v) is 12.4. The van der Waals surface area contributed by atoms with E-state index in [-0.39, 0.29) is 0 Å². The number of rotatable bonds is 5. The predicted molar refractivity (Wildman–Crippen MR) is 85.0 cm³/mol. The summed E-state index contributed by atoms with van der Waals surface area (Å²) in [6.45, 7) is 6.85. The molecule has 1 aromatic carbocycles. The third-order valence-corrected chi connectivity index (χ3v) is 4.39. The Kier molecular flexibility index (Phi) is 4.38. The summed E-state index contributed by atoms with van der Waals surface area (Å²) < 4.78 is 0. The number of unbranched alkanes of at least 4 members (excludes halogenated alkanes) is 1. The SMILES string of the molecule is CCCC[C@H](c1ccc2cc[nH]c2c1)N1CCNCC1. The van der Waals surface area contributed by atoms with Gasteiger partial charge in [-0.2, -0.15) is 0 Å².